The summed E-state index contributed by atoms with van der Waals surface area (Å²) < 4.78 is 16.9. The molecule has 0 aliphatic rings. The van der Waals surface area contributed by atoms with Crippen molar-refractivity contribution in [1.82, 2.24) is 0 Å². The van der Waals surface area contributed by atoms with E-state index in [4.69, 9.17) is 4.52 Å². The molecule has 0 rings (SSSR count). The molecule has 18 heavy (non-hydrogen) atoms. The quantitative estimate of drug-likeness (QED) is 0.266. The summed E-state index contributed by atoms with van der Waals surface area (Å²) in [6.45, 7) is 0. The van der Waals surface area contributed by atoms with Gasteiger partial charge in [-0.15, -0.1) is 0 Å². The molecule has 0 aromatic carbocycles. The summed E-state index contributed by atoms with van der Waals surface area (Å²) in [7, 11) is -3.69. The van der Waals surface area contributed by atoms with Crippen LogP contribution in [0.5, 0.6) is 0 Å². The molecule has 110 valence electrons. The highest BCUT2D eigenvalue weighted by Crippen LogP contribution is 2.53. The zero-order valence-electron chi connectivity index (χ0n) is 9.12. The Hall–Kier alpha value is 3.03. The minimum atomic E-state index is -3.69. The van der Waals surface area contributed by atoms with Crippen LogP contribution in [-0.2, 0) is 9.09 Å². The Bertz CT molecular complexity index is 282. The molecule has 0 bridgehead atoms. The van der Waals surface area contributed by atoms with Gasteiger partial charge in [0.2, 0.25) is 0 Å². The number of hydrogen-bond acceptors (Lipinski definition) is 2. The van der Waals surface area contributed by atoms with E-state index in [2.05, 4.69) is 95.6 Å². The molecule has 0 heterocycles. The van der Waals surface area contributed by atoms with Crippen LogP contribution in [-0.4, -0.2) is 41.2 Å². The SMILES string of the molecule is O=P(O)(OC(CC(Br)CBr)C(Br)CBr)C(Br)CBr. The Balaban J connectivity index is 4.73. The fraction of sp³-hybridized carbons (Fsp3) is 1.00. The molecule has 3 nitrogen and oxygen atoms in total. The second-order valence-corrected chi connectivity index (χ2v) is 11.6. The summed E-state index contributed by atoms with van der Waals surface area (Å²) in [5.74, 6) is 0. The van der Waals surface area contributed by atoms with Gasteiger partial charge in [0.05, 0.1) is 10.9 Å². The van der Waals surface area contributed by atoms with Crippen LogP contribution in [0.1, 0.15) is 6.42 Å². The Morgan fingerprint density at radius 1 is 1.06 bits per heavy atom. The fourth-order valence-electron chi connectivity index (χ4n) is 1.02. The van der Waals surface area contributed by atoms with Crippen LogP contribution in [0.4, 0.5) is 0 Å². The molecule has 0 fully saturated rings. The third-order valence-electron chi connectivity index (χ3n) is 1.97. The van der Waals surface area contributed by atoms with E-state index >= 15 is 0 Å². The molecule has 1 N–H and O–H groups in total. The average molecular weight is 668 g/mol. The normalized spacial score (nSPS) is 21.9. The van der Waals surface area contributed by atoms with Crippen molar-refractivity contribution in [1.29, 1.82) is 0 Å². The Kier molecular flexibility index (Phi) is 12.5. The van der Waals surface area contributed by atoms with E-state index < -0.39 is 12.2 Å². The maximum Gasteiger partial charge on any atom is 0.342 e. The summed E-state index contributed by atoms with van der Waals surface area (Å²) in [6, 6.07) is 0. The van der Waals surface area contributed by atoms with Gasteiger partial charge in [-0.25, -0.2) is 0 Å². The first-order valence-electron chi connectivity index (χ1n) is 4.89. The maximum atomic E-state index is 12.0. The van der Waals surface area contributed by atoms with E-state index in [1.807, 2.05) is 0 Å². The van der Waals surface area contributed by atoms with Crippen molar-refractivity contribution in [3.63, 3.8) is 0 Å². The highest BCUT2D eigenvalue weighted by molar-refractivity contribution is 9.13. The highest BCUT2D eigenvalue weighted by atomic mass is 79.9. The van der Waals surface area contributed by atoms with Crippen molar-refractivity contribution in [2.75, 3.05) is 16.0 Å². The predicted octanol–water partition coefficient (Wildman–Crippen LogP) is 5.38. The third kappa shape index (κ3) is 7.87. The molecule has 0 aromatic rings. The first kappa shape index (κ1) is 21.0. The lowest BCUT2D eigenvalue weighted by molar-refractivity contribution is 0.169. The smallest absolute Gasteiger partial charge is 0.323 e. The van der Waals surface area contributed by atoms with Crippen molar-refractivity contribution >= 4 is 103 Å². The number of halogens is 6. The van der Waals surface area contributed by atoms with Crippen molar-refractivity contribution in [3.05, 3.63) is 0 Å². The van der Waals surface area contributed by atoms with E-state index in [1.165, 1.54) is 0 Å². The second kappa shape index (κ2) is 10.7. The molecule has 0 saturated heterocycles. The zero-order chi connectivity index (χ0) is 14.3. The van der Waals surface area contributed by atoms with Crippen LogP contribution < -0.4 is 0 Å². The van der Waals surface area contributed by atoms with E-state index in [9.17, 15) is 9.46 Å². The molecule has 0 aliphatic heterocycles. The van der Waals surface area contributed by atoms with Gasteiger partial charge in [0.1, 0.15) is 4.57 Å². The van der Waals surface area contributed by atoms with Gasteiger partial charge < -0.3 is 9.42 Å². The number of hydrogen-bond donors (Lipinski definition) is 1. The van der Waals surface area contributed by atoms with Gasteiger partial charge in [-0.2, -0.15) is 0 Å². The molecule has 10 heteroatoms. The number of rotatable bonds is 9. The van der Waals surface area contributed by atoms with Gasteiger partial charge in [0.15, 0.2) is 0 Å². The zero-order valence-corrected chi connectivity index (χ0v) is 19.5. The van der Waals surface area contributed by atoms with Crippen molar-refractivity contribution in [3.8, 4) is 0 Å². The molecule has 0 spiro atoms. The molecule has 5 unspecified atom stereocenters. The summed E-state index contributed by atoms with van der Waals surface area (Å²) in [5.41, 5.74) is 0. The Labute approximate surface area is 158 Å². The van der Waals surface area contributed by atoms with Crippen LogP contribution in [0.2, 0.25) is 0 Å². The summed E-state index contributed by atoms with van der Waals surface area (Å²) >= 11 is 20.0. The van der Waals surface area contributed by atoms with Gasteiger partial charge >= 0.3 is 7.60 Å². The molecular weight excluding hydrogens is 654 g/mol. The van der Waals surface area contributed by atoms with Crippen LogP contribution in [0.15, 0.2) is 0 Å². The van der Waals surface area contributed by atoms with E-state index in [1.54, 1.807) is 0 Å². The summed E-state index contributed by atoms with van der Waals surface area (Å²) in [4.78, 5) is 10.0. The molecule has 0 saturated carbocycles. The van der Waals surface area contributed by atoms with Crippen LogP contribution in [0.25, 0.3) is 0 Å². The van der Waals surface area contributed by atoms with Gasteiger partial charge in [-0.1, -0.05) is 95.6 Å². The van der Waals surface area contributed by atoms with Gasteiger partial charge in [-0.3, -0.25) is 4.57 Å². The lowest BCUT2D eigenvalue weighted by Crippen LogP contribution is -2.29. The number of alkyl halides is 6. The highest BCUT2D eigenvalue weighted by Gasteiger charge is 2.35. The third-order valence-corrected chi connectivity index (χ3v) is 12.2. The standard InChI is InChI=1S/C8H13Br6O3P/c9-2-5(12)1-7(6(13)3-10)17-18(15,16)8(14)4-11/h5-8H,1-4H2,(H,15,16). The molecule has 0 aliphatic carbocycles. The molecule has 0 radical (unpaired) electrons. The van der Waals surface area contributed by atoms with Crippen LogP contribution in [0, 0.1) is 0 Å². The first-order valence-corrected chi connectivity index (χ1v) is 12.6. The van der Waals surface area contributed by atoms with E-state index in [0.29, 0.717) is 17.1 Å². The van der Waals surface area contributed by atoms with Crippen molar-refractivity contribution < 1.29 is 14.0 Å². The first-order chi connectivity index (χ1) is 8.28. The molecular formula is C8H13Br6O3P. The van der Waals surface area contributed by atoms with Gasteiger partial charge in [0.25, 0.3) is 0 Å². The van der Waals surface area contributed by atoms with E-state index in [-0.39, 0.29) is 15.8 Å². The lowest BCUT2D eigenvalue weighted by atomic mass is 10.2. The predicted molar refractivity (Wildman–Crippen MR) is 98.8 cm³/mol. The summed E-state index contributed by atoms with van der Waals surface area (Å²) in [5, 5.41) is 1.74. The fourth-order valence-corrected chi connectivity index (χ4v) is 4.87. The minimum absolute atomic E-state index is 0.0351. The molecule has 0 amide bonds. The van der Waals surface area contributed by atoms with Gasteiger partial charge in [0, 0.05) is 20.8 Å². The maximum absolute atomic E-state index is 12.0. The largest absolute Gasteiger partial charge is 0.342 e. The average Bonchev–Trinajstić information content (AvgIpc) is 2.35. The van der Waals surface area contributed by atoms with E-state index in [0.717, 1.165) is 5.33 Å². The van der Waals surface area contributed by atoms with Gasteiger partial charge in [-0.05, 0) is 6.42 Å². The second-order valence-electron chi connectivity index (χ2n) is 3.45. The molecule has 5 atom stereocenters. The lowest BCUT2D eigenvalue weighted by Gasteiger charge is -2.27. The summed E-state index contributed by atoms with van der Waals surface area (Å²) in [6.07, 6.45) is 0.264. The Morgan fingerprint density at radius 3 is 2.00 bits per heavy atom. The monoisotopic (exact) mass is 662 g/mol. The van der Waals surface area contributed by atoms with Crippen molar-refractivity contribution in [2.45, 2.75) is 26.7 Å². The van der Waals surface area contributed by atoms with Crippen LogP contribution >= 0.6 is 103 Å². The van der Waals surface area contributed by atoms with Crippen molar-refractivity contribution in [2.24, 2.45) is 0 Å². The minimum Gasteiger partial charge on any atom is -0.323 e. The topological polar surface area (TPSA) is 46.5 Å². The Morgan fingerprint density at radius 2 is 1.61 bits per heavy atom. The van der Waals surface area contributed by atoms with Crippen LogP contribution in [0.3, 0.4) is 0 Å². The molecule has 0 aromatic heterocycles.